The van der Waals surface area contributed by atoms with Crippen LogP contribution in [0.25, 0.3) is 0 Å². The molecule has 0 heterocycles. The number of benzene rings is 1. The van der Waals surface area contributed by atoms with Crippen molar-refractivity contribution in [3.8, 4) is 0 Å². The molecule has 15 heavy (non-hydrogen) atoms. The Morgan fingerprint density at radius 2 is 1.80 bits per heavy atom. The number of hydrogen-bond acceptors (Lipinski definition) is 2. The Labute approximate surface area is 94.8 Å². The molecule has 0 bridgehead atoms. The van der Waals surface area contributed by atoms with Gasteiger partial charge in [-0.3, -0.25) is 4.57 Å². The quantitative estimate of drug-likeness (QED) is 0.758. The smallest absolute Gasteiger partial charge is 0.311 e. The van der Waals surface area contributed by atoms with Crippen LogP contribution in [-0.2, 0) is 9.09 Å². The first-order valence-corrected chi connectivity index (χ1v) is 7.75. The van der Waals surface area contributed by atoms with Gasteiger partial charge in [-0.05, 0) is 36.2 Å². The van der Waals surface area contributed by atoms with E-state index in [4.69, 9.17) is 15.8 Å². The maximum atomic E-state index is 12.1. The average Bonchev–Trinajstić information content (AvgIpc) is 2.71. The van der Waals surface area contributed by atoms with Gasteiger partial charge < -0.3 is 4.52 Å². The fraction of sp³-hybridized carbons (Fsp3) is 0.455. The van der Waals surface area contributed by atoms with Crippen LogP contribution >= 0.6 is 18.0 Å². The van der Waals surface area contributed by atoms with Crippen molar-refractivity contribution in [2.75, 3.05) is 0 Å². The first kappa shape index (κ1) is 11.2. The maximum absolute atomic E-state index is 12.1. The van der Waals surface area contributed by atoms with Crippen LogP contribution in [0.2, 0.25) is 0 Å². The van der Waals surface area contributed by atoms with Gasteiger partial charge in [0.15, 0.2) is 0 Å². The number of rotatable bonds is 3. The second-order valence-electron chi connectivity index (χ2n) is 3.83. The van der Waals surface area contributed by atoms with E-state index in [2.05, 4.69) is 0 Å². The van der Waals surface area contributed by atoms with Crippen LogP contribution in [0.5, 0.6) is 0 Å². The van der Waals surface area contributed by atoms with Crippen molar-refractivity contribution in [2.24, 2.45) is 0 Å². The zero-order valence-electron chi connectivity index (χ0n) is 8.43. The summed E-state index contributed by atoms with van der Waals surface area (Å²) in [5.74, 6) is 0. The van der Waals surface area contributed by atoms with Gasteiger partial charge in [0.1, 0.15) is 0 Å². The van der Waals surface area contributed by atoms with Crippen LogP contribution in [0.15, 0.2) is 30.3 Å². The van der Waals surface area contributed by atoms with Crippen molar-refractivity contribution in [3.05, 3.63) is 30.3 Å². The van der Waals surface area contributed by atoms with E-state index in [0.29, 0.717) is 5.30 Å². The standard InChI is InChI=1S/C11H14ClO2P/c12-15(13,11-8-2-1-3-9-11)14-10-6-4-5-7-10/h1-3,8-10H,4-7H2. The van der Waals surface area contributed by atoms with E-state index >= 15 is 0 Å². The minimum absolute atomic E-state index is 0.0774. The first-order valence-electron chi connectivity index (χ1n) is 5.22. The lowest BCUT2D eigenvalue weighted by atomic mass is 10.3. The summed E-state index contributed by atoms with van der Waals surface area (Å²) in [6.45, 7) is -3.12. The highest BCUT2D eigenvalue weighted by Gasteiger charge is 2.28. The highest BCUT2D eigenvalue weighted by Crippen LogP contribution is 2.53. The van der Waals surface area contributed by atoms with E-state index in [9.17, 15) is 4.57 Å². The second-order valence-corrected chi connectivity index (χ2v) is 6.85. The van der Waals surface area contributed by atoms with Gasteiger partial charge in [-0.2, -0.15) is 0 Å². The summed E-state index contributed by atoms with van der Waals surface area (Å²) in [5.41, 5.74) is 0. The van der Waals surface area contributed by atoms with Crippen LogP contribution in [0, 0.1) is 0 Å². The van der Waals surface area contributed by atoms with Gasteiger partial charge in [0.25, 0.3) is 0 Å². The monoisotopic (exact) mass is 244 g/mol. The van der Waals surface area contributed by atoms with Gasteiger partial charge in [0.2, 0.25) is 0 Å². The molecule has 1 aliphatic carbocycles. The number of hydrogen-bond donors (Lipinski definition) is 0. The van der Waals surface area contributed by atoms with Crippen LogP contribution in [0.3, 0.4) is 0 Å². The molecule has 0 aliphatic heterocycles. The van der Waals surface area contributed by atoms with Crippen molar-refractivity contribution in [1.82, 2.24) is 0 Å². The third-order valence-electron chi connectivity index (χ3n) is 2.65. The molecule has 0 aromatic heterocycles. The van der Waals surface area contributed by atoms with Crippen molar-refractivity contribution in [3.63, 3.8) is 0 Å². The van der Waals surface area contributed by atoms with Crippen molar-refractivity contribution in [1.29, 1.82) is 0 Å². The predicted octanol–water partition coefficient (Wildman–Crippen LogP) is 3.70. The van der Waals surface area contributed by atoms with Crippen LogP contribution in [0.1, 0.15) is 25.7 Å². The minimum atomic E-state index is -3.12. The molecule has 0 radical (unpaired) electrons. The second kappa shape index (κ2) is 4.69. The molecule has 2 nitrogen and oxygen atoms in total. The number of halogens is 1. The molecule has 1 atom stereocenters. The molecular weight excluding hydrogens is 231 g/mol. The normalized spacial score (nSPS) is 21.4. The molecule has 1 aliphatic rings. The van der Waals surface area contributed by atoms with Gasteiger partial charge in [0.05, 0.1) is 11.4 Å². The Hall–Kier alpha value is -0.300. The van der Waals surface area contributed by atoms with Crippen molar-refractivity contribution in [2.45, 2.75) is 31.8 Å². The summed E-state index contributed by atoms with van der Waals surface area (Å²) in [6, 6.07) is 9.02. The summed E-state index contributed by atoms with van der Waals surface area (Å²) < 4.78 is 17.6. The van der Waals surface area contributed by atoms with Crippen LogP contribution < -0.4 is 5.30 Å². The Kier molecular flexibility index (Phi) is 3.50. The largest absolute Gasteiger partial charge is 0.320 e. The summed E-state index contributed by atoms with van der Waals surface area (Å²) in [7, 11) is 0. The highest BCUT2D eigenvalue weighted by molar-refractivity contribution is 7.91. The van der Waals surface area contributed by atoms with E-state index in [1.807, 2.05) is 18.2 Å². The highest BCUT2D eigenvalue weighted by atomic mass is 35.7. The summed E-state index contributed by atoms with van der Waals surface area (Å²) in [6.07, 6.45) is 4.33. The zero-order valence-corrected chi connectivity index (χ0v) is 10.1. The Morgan fingerprint density at radius 3 is 2.40 bits per heavy atom. The molecule has 0 N–H and O–H groups in total. The lowest BCUT2D eigenvalue weighted by Crippen LogP contribution is -2.10. The molecule has 0 spiro atoms. The molecule has 1 fully saturated rings. The molecule has 0 amide bonds. The van der Waals surface area contributed by atoms with E-state index in [1.165, 1.54) is 0 Å². The summed E-state index contributed by atoms with van der Waals surface area (Å²) >= 11 is 5.97. The molecule has 1 saturated carbocycles. The van der Waals surface area contributed by atoms with Gasteiger partial charge in [-0.1, -0.05) is 31.0 Å². The van der Waals surface area contributed by atoms with Gasteiger partial charge >= 0.3 is 6.72 Å². The van der Waals surface area contributed by atoms with E-state index < -0.39 is 6.72 Å². The maximum Gasteiger partial charge on any atom is 0.320 e. The predicted molar refractivity (Wildman–Crippen MR) is 62.9 cm³/mol. The SMILES string of the molecule is O=P(Cl)(OC1CCCC1)c1ccccc1. The average molecular weight is 245 g/mol. The molecule has 2 rings (SSSR count). The van der Waals surface area contributed by atoms with Crippen LogP contribution in [0.4, 0.5) is 0 Å². The molecular formula is C11H14ClO2P. The summed E-state index contributed by atoms with van der Waals surface area (Å²) in [5, 5.41) is 0.596. The topological polar surface area (TPSA) is 26.3 Å². The lowest BCUT2D eigenvalue weighted by molar-refractivity contribution is 0.223. The van der Waals surface area contributed by atoms with Crippen molar-refractivity contribution >= 4 is 23.3 Å². The first-order chi connectivity index (χ1) is 7.18. The van der Waals surface area contributed by atoms with Gasteiger partial charge in [0, 0.05) is 0 Å². The van der Waals surface area contributed by atoms with E-state index in [-0.39, 0.29) is 6.10 Å². The Balaban J connectivity index is 2.09. The molecule has 1 unspecified atom stereocenters. The molecule has 4 heteroatoms. The molecule has 1 aromatic rings. The molecule has 1 aromatic carbocycles. The fourth-order valence-electron chi connectivity index (χ4n) is 1.85. The van der Waals surface area contributed by atoms with Gasteiger partial charge in [-0.25, -0.2) is 0 Å². The van der Waals surface area contributed by atoms with E-state index in [1.54, 1.807) is 12.1 Å². The summed E-state index contributed by atoms with van der Waals surface area (Å²) in [4.78, 5) is 0. The Morgan fingerprint density at radius 1 is 1.20 bits per heavy atom. The molecule has 0 saturated heterocycles. The third-order valence-corrected chi connectivity index (χ3v) is 4.96. The van der Waals surface area contributed by atoms with E-state index in [0.717, 1.165) is 25.7 Å². The molecule has 82 valence electrons. The Bertz CT molecular complexity index is 360. The lowest BCUT2D eigenvalue weighted by Gasteiger charge is -2.16. The fourth-order valence-corrected chi connectivity index (χ4v) is 3.77. The third kappa shape index (κ3) is 2.84. The minimum Gasteiger partial charge on any atom is -0.311 e. The zero-order chi connectivity index (χ0) is 10.7. The van der Waals surface area contributed by atoms with Crippen LogP contribution in [-0.4, -0.2) is 6.10 Å². The van der Waals surface area contributed by atoms with Crippen molar-refractivity contribution < 1.29 is 9.09 Å². The van der Waals surface area contributed by atoms with Gasteiger partial charge in [-0.15, -0.1) is 0 Å².